The van der Waals surface area contributed by atoms with Crippen molar-refractivity contribution in [1.82, 2.24) is 15.3 Å². The molecule has 0 radical (unpaired) electrons. The summed E-state index contributed by atoms with van der Waals surface area (Å²) in [5.74, 6) is 0.788. The van der Waals surface area contributed by atoms with Crippen LogP contribution in [0.4, 0.5) is 10.2 Å². The van der Waals surface area contributed by atoms with E-state index >= 15 is 0 Å². The number of nitrogens with zero attached hydrogens (tertiary/aromatic N) is 3. The molecule has 3 heterocycles. The van der Waals surface area contributed by atoms with Gasteiger partial charge in [-0.2, -0.15) is 0 Å². The number of anilines is 1. The molecule has 2 aromatic heterocycles. The second-order valence-electron chi connectivity index (χ2n) is 8.31. The van der Waals surface area contributed by atoms with Crippen LogP contribution in [-0.4, -0.2) is 34.2 Å². The number of piperidine rings is 1. The molecular formula is C25H25FN4OS. The van der Waals surface area contributed by atoms with Crippen molar-refractivity contribution >= 4 is 27.4 Å². The number of aromatic nitrogens is 2. The Hall–Kier alpha value is -3.03. The van der Waals surface area contributed by atoms with Gasteiger partial charge in [0.15, 0.2) is 0 Å². The maximum atomic E-state index is 13.5. The number of halogens is 1. The van der Waals surface area contributed by atoms with Gasteiger partial charge >= 0.3 is 0 Å². The second-order valence-corrected chi connectivity index (χ2v) is 9.17. The lowest BCUT2D eigenvalue weighted by atomic mass is 10.0. The molecule has 1 fully saturated rings. The lowest BCUT2D eigenvalue weighted by Crippen LogP contribution is -2.42. The van der Waals surface area contributed by atoms with E-state index in [0.717, 1.165) is 42.0 Å². The number of hydrogen-bond acceptors (Lipinski definition) is 6. The molecule has 0 unspecified atom stereocenters. The lowest BCUT2D eigenvalue weighted by molar-refractivity contribution is 0.404. The molecule has 0 amide bonds. The number of phenolic OH excluding ortho intramolecular Hbond substituents is 1. The first-order valence-corrected chi connectivity index (χ1v) is 11.7. The van der Waals surface area contributed by atoms with Gasteiger partial charge in [0.25, 0.3) is 0 Å². The van der Waals surface area contributed by atoms with Crippen molar-refractivity contribution in [2.75, 3.05) is 18.0 Å². The first-order chi connectivity index (χ1) is 15.6. The number of aryl methyl sites for hydroxylation is 1. The summed E-state index contributed by atoms with van der Waals surface area (Å²) in [5, 5.41) is 16.7. The zero-order valence-electron chi connectivity index (χ0n) is 17.9. The van der Waals surface area contributed by atoms with Crippen LogP contribution in [0.25, 0.3) is 21.3 Å². The Morgan fingerprint density at radius 1 is 1.12 bits per heavy atom. The molecule has 164 valence electrons. The summed E-state index contributed by atoms with van der Waals surface area (Å²) in [7, 11) is 0. The third-order valence-corrected chi connectivity index (χ3v) is 7.02. The number of fused-ring (bicyclic) bond motifs is 1. The van der Waals surface area contributed by atoms with Crippen molar-refractivity contribution in [2.45, 2.75) is 32.4 Å². The van der Waals surface area contributed by atoms with E-state index < -0.39 is 0 Å². The molecule has 2 aromatic carbocycles. The summed E-state index contributed by atoms with van der Waals surface area (Å²) in [5.41, 5.74) is 4.20. The summed E-state index contributed by atoms with van der Waals surface area (Å²) >= 11 is 1.66. The number of rotatable bonds is 5. The van der Waals surface area contributed by atoms with E-state index in [-0.39, 0.29) is 11.6 Å². The highest BCUT2D eigenvalue weighted by atomic mass is 32.1. The van der Waals surface area contributed by atoms with Crippen molar-refractivity contribution in [3.8, 4) is 16.9 Å². The minimum atomic E-state index is -0.331. The Morgan fingerprint density at radius 3 is 2.69 bits per heavy atom. The van der Waals surface area contributed by atoms with Crippen LogP contribution in [0.5, 0.6) is 5.75 Å². The number of phenols is 1. The van der Waals surface area contributed by atoms with Gasteiger partial charge in [-0.15, -0.1) is 11.3 Å². The van der Waals surface area contributed by atoms with E-state index in [4.69, 9.17) is 0 Å². The first-order valence-electron chi connectivity index (χ1n) is 10.8. The maximum Gasteiger partial charge on any atom is 0.141 e. The van der Waals surface area contributed by atoms with Crippen molar-refractivity contribution in [3.05, 3.63) is 71.1 Å². The SMILES string of the molecule is Cc1ccc(-c2csc3ncnc(N4CCC(NCc5cc(F)ccc5O)CC4)c23)cc1. The first kappa shape index (κ1) is 20.8. The molecular weight excluding hydrogens is 423 g/mol. The van der Waals surface area contributed by atoms with Crippen molar-refractivity contribution in [3.63, 3.8) is 0 Å². The highest BCUT2D eigenvalue weighted by molar-refractivity contribution is 7.17. The van der Waals surface area contributed by atoms with E-state index in [1.807, 2.05) is 0 Å². The van der Waals surface area contributed by atoms with Crippen molar-refractivity contribution in [1.29, 1.82) is 0 Å². The third kappa shape index (κ3) is 4.18. The predicted octanol–water partition coefficient (Wildman–Crippen LogP) is 5.27. The minimum absolute atomic E-state index is 0.126. The van der Waals surface area contributed by atoms with Crippen LogP contribution in [0.3, 0.4) is 0 Å². The second kappa shape index (κ2) is 8.84. The largest absolute Gasteiger partial charge is 0.508 e. The van der Waals surface area contributed by atoms with Gasteiger partial charge in [-0.3, -0.25) is 0 Å². The zero-order valence-corrected chi connectivity index (χ0v) is 18.7. The van der Waals surface area contributed by atoms with E-state index in [9.17, 15) is 9.50 Å². The number of thiophene rings is 1. The summed E-state index contributed by atoms with van der Waals surface area (Å²) in [6, 6.07) is 13.0. The Labute approximate surface area is 190 Å². The van der Waals surface area contributed by atoms with E-state index in [2.05, 4.69) is 56.8 Å². The Bertz CT molecular complexity index is 1230. The van der Waals surface area contributed by atoms with Crippen LogP contribution in [-0.2, 0) is 6.54 Å². The molecule has 0 atom stereocenters. The molecule has 4 aromatic rings. The van der Waals surface area contributed by atoms with Crippen LogP contribution in [0.2, 0.25) is 0 Å². The molecule has 32 heavy (non-hydrogen) atoms. The maximum absolute atomic E-state index is 13.5. The van der Waals surface area contributed by atoms with Gasteiger partial charge in [0, 0.05) is 42.2 Å². The summed E-state index contributed by atoms with van der Waals surface area (Å²) in [6.07, 6.45) is 3.56. The summed E-state index contributed by atoms with van der Waals surface area (Å²) < 4.78 is 13.5. The van der Waals surface area contributed by atoms with Gasteiger partial charge in [0.05, 0.1) is 5.39 Å². The van der Waals surface area contributed by atoms with Crippen LogP contribution >= 0.6 is 11.3 Å². The zero-order chi connectivity index (χ0) is 22.1. The van der Waals surface area contributed by atoms with Crippen LogP contribution in [0.15, 0.2) is 54.2 Å². The summed E-state index contributed by atoms with van der Waals surface area (Å²) in [4.78, 5) is 12.5. The standard InChI is InChI=1S/C25H25FN4OS/c1-16-2-4-17(5-3-16)21-14-32-25-23(21)24(28-15-29-25)30-10-8-20(9-11-30)27-13-18-12-19(26)6-7-22(18)31/h2-7,12,14-15,20,27,31H,8-11,13H2,1H3. The number of hydrogen-bond donors (Lipinski definition) is 2. The third-order valence-electron chi connectivity index (χ3n) is 6.13. The number of aromatic hydroxyl groups is 1. The van der Waals surface area contributed by atoms with E-state index in [0.29, 0.717) is 18.2 Å². The predicted molar refractivity (Wildman–Crippen MR) is 128 cm³/mol. The fourth-order valence-corrected chi connectivity index (χ4v) is 5.20. The monoisotopic (exact) mass is 448 g/mol. The van der Waals surface area contributed by atoms with E-state index in [1.54, 1.807) is 17.7 Å². The minimum Gasteiger partial charge on any atom is -0.508 e. The smallest absolute Gasteiger partial charge is 0.141 e. The highest BCUT2D eigenvalue weighted by Gasteiger charge is 2.23. The number of benzene rings is 2. The highest BCUT2D eigenvalue weighted by Crippen LogP contribution is 2.38. The fourth-order valence-electron chi connectivity index (χ4n) is 4.29. The molecule has 2 N–H and O–H groups in total. The Morgan fingerprint density at radius 2 is 1.91 bits per heavy atom. The van der Waals surface area contributed by atoms with Crippen LogP contribution in [0, 0.1) is 12.7 Å². The van der Waals surface area contributed by atoms with Gasteiger partial charge in [0.2, 0.25) is 0 Å². The normalized spacial score (nSPS) is 14.9. The van der Waals surface area contributed by atoms with E-state index in [1.165, 1.54) is 34.9 Å². The van der Waals surface area contributed by atoms with Gasteiger partial charge in [-0.05, 0) is 43.5 Å². The lowest BCUT2D eigenvalue weighted by Gasteiger charge is -2.33. The molecule has 1 aliphatic rings. The average Bonchev–Trinajstić information content (AvgIpc) is 3.25. The average molecular weight is 449 g/mol. The van der Waals surface area contributed by atoms with Gasteiger partial charge < -0.3 is 15.3 Å². The quantitative estimate of drug-likeness (QED) is 0.436. The molecule has 0 spiro atoms. The van der Waals surface area contributed by atoms with Crippen molar-refractivity contribution < 1.29 is 9.50 Å². The fraction of sp³-hybridized carbons (Fsp3) is 0.280. The molecule has 5 rings (SSSR count). The van der Waals surface area contributed by atoms with Gasteiger partial charge in [-0.25, -0.2) is 14.4 Å². The molecule has 1 saturated heterocycles. The van der Waals surface area contributed by atoms with Gasteiger partial charge in [0.1, 0.15) is 28.5 Å². The Kier molecular flexibility index (Phi) is 5.76. The molecule has 0 aliphatic carbocycles. The number of nitrogens with one attached hydrogen (secondary N) is 1. The molecule has 1 aliphatic heterocycles. The molecule has 5 nitrogen and oxygen atoms in total. The molecule has 0 saturated carbocycles. The molecule has 7 heteroatoms. The summed E-state index contributed by atoms with van der Waals surface area (Å²) in [6.45, 7) is 4.30. The van der Waals surface area contributed by atoms with Gasteiger partial charge in [-0.1, -0.05) is 29.8 Å². The van der Waals surface area contributed by atoms with Crippen molar-refractivity contribution in [2.24, 2.45) is 0 Å². The van der Waals surface area contributed by atoms with Crippen LogP contribution < -0.4 is 10.2 Å². The molecule has 0 bridgehead atoms. The Balaban J connectivity index is 1.31. The van der Waals surface area contributed by atoms with Crippen LogP contribution in [0.1, 0.15) is 24.0 Å². The topological polar surface area (TPSA) is 61.3 Å².